The maximum Gasteiger partial charge on any atom is 0.393 e. The number of piperidine rings is 1. The number of nitrogens with two attached hydrogens (primary N) is 1. The molecule has 2 N–H and O–H groups in total. The van der Waals surface area contributed by atoms with Crippen LogP contribution in [0.25, 0.3) is 10.2 Å². The van der Waals surface area contributed by atoms with Gasteiger partial charge in [-0.3, -0.25) is 9.91 Å². The number of likely N-dealkylation sites (tertiary alicyclic amines) is 1. The summed E-state index contributed by atoms with van der Waals surface area (Å²) < 4.78 is 38.6. The van der Waals surface area contributed by atoms with Gasteiger partial charge in [-0.05, 0) is 43.9 Å². The molecular formula is C22H30F3N7S. The maximum atomic E-state index is 12.9. The molecule has 0 aromatic carbocycles. The number of halogens is 3. The average Bonchev–Trinajstić information content (AvgIpc) is 3.34. The van der Waals surface area contributed by atoms with E-state index in [1.165, 1.54) is 11.9 Å². The topological polar surface area (TPSA) is 73.9 Å². The highest BCUT2D eigenvalue weighted by Crippen LogP contribution is 2.37. The Balaban J connectivity index is 1.44. The van der Waals surface area contributed by atoms with Gasteiger partial charge in [0.25, 0.3) is 0 Å². The molecule has 2 aromatic rings. The first-order valence-electron chi connectivity index (χ1n) is 11.2. The predicted octanol–water partition coefficient (Wildman–Crippen LogP) is 3.48. The fourth-order valence-electron chi connectivity index (χ4n) is 5.02. The van der Waals surface area contributed by atoms with Crippen LogP contribution in [0.4, 0.5) is 19.0 Å². The molecule has 33 heavy (non-hydrogen) atoms. The lowest BCUT2D eigenvalue weighted by Gasteiger charge is -2.39. The summed E-state index contributed by atoms with van der Waals surface area (Å²) in [6, 6.07) is 2.11. The summed E-state index contributed by atoms with van der Waals surface area (Å²) in [5.41, 5.74) is 6.84. The maximum absolute atomic E-state index is 12.9. The summed E-state index contributed by atoms with van der Waals surface area (Å²) >= 11 is 1.10. The van der Waals surface area contributed by atoms with E-state index in [0.29, 0.717) is 29.9 Å². The van der Waals surface area contributed by atoms with Crippen LogP contribution in [0, 0.1) is 5.92 Å². The van der Waals surface area contributed by atoms with E-state index in [2.05, 4.69) is 38.5 Å². The molecule has 2 fully saturated rings. The zero-order valence-electron chi connectivity index (χ0n) is 18.8. The number of hydrazone groups is 1. The van der Waals surface area contributed by atoms with Crippen LogP contribution in [0.15, 0.2) is 29.3 Å². The van der Waals surface area contributed by atoms with Crippen LogP contribution in [0.2, 0.25) is 0 Å². The van der Waals surface area contributed by atoms with Gasteiger partial charge in [-0.25, -0.2) is 9.97 Å². The Kier molecular flexibility index (Phi) is 7.20. The van der Waals surface area contributed by atoms with Crippen LogP contribution in [-0.2, 0) is 6.42 Å². The Hall–Kier alpha value is -2.24. The van der Waals surface area contributed by atoms with Gasteiger partial charge in [-0.1, -0.05) is 0 Å². The van der Waals surface area contributed by atoms with Crippen LogP contribution >= 0.6 is 11.3 Å². The van der Waals surface area contributed by atoms with Crippen molar-refractivity contribution in [2.24, 2.45) is 16.8 Å². The number of anilines is 1. The summed E-state index contributed by atoms with van der Waals surface area (Å²) in [4.78, 5) is 14.3. The molecule has 0 radical (unpaired) electrons. The third kappa shape index (κ3) is 5.64. The number of thiophene rings is 1. The SMILES string of the molecule is C=NN(/C=C(\C)CN1CCC2CN(c3ncnc4sc(CC(F)(F)F)cc34)CCC21)CCN. The molecule has 7 nitrogen and oxygen atoms in total. The normalized spacial score (nSPS) is 22.1. The minimum atomic E-state index is -4.23. The van der Waals surface area contributed by atoms with Crippen LogP contribution in [0.1, 0.15) is 24.6 Å². The van der Waals surface area contributed by atoms with Crippen molar-refractivity contribution in [3.8, 4) is 0 Å². The summed E-state index contributed by atoms with van der Waals surface area (Å²) in [7, 11) is 0. The van der Waals surface area contributed by atoms with Gasteiger partial charge >= 0.3 is 6.18 Å². The molecule has 11 heteroatoms. The number of hydrogen-bond acceptors (Lipinski definition) is 8. The zero-order valence-corrected chi connectivity index (χ0v) is 19.6. The van der Waals surface area contributed by atoms with Crippen molar-refractivity contribution in [1.82, 2.24) is 19.9 Å². The standard InChI is InChI=1S/C22H30F3N7S/c1-15(12-32(27-2)8-5-26)11-30-6-3-16-13-31(7-4-19(16)30)20-18-9-17(10-22(23,24)25)33-21(18)29-14-28-20/h9,12,14,16,19H,2-8,10-11,13,26H2,1H3/b15-12+. The lowest BCUT2D eigenvalue weighted by atomic mass is 9.92. The van der Waals surface area contributed by atoms with Crippen molar-refractivity contribution < 1.29 is 13.2 Å². The molecule has 4 heterocycles. The molecule has 0 saturated carbocycles. The molecule has 2 aliphatic heterocycles. The molecule has 2 unspecified atom stereocenters. The van der Waals surface area contributed by atoms with Gasteiger partial charge in [0.15, 0.2) is 0 Å². The van der Waals surface area contributed by atoms with Crippen LogP contribution < -0.4 is 10.6 Å². The number of aromatic nitrogens is 2. The molecule has 0 spiro atoms. The Morgan fingerprint density at radius 3 is 2.91 bits per heavy atom. The van der Waals surface area contributed by atoms with Crippen molar-refractivity contribution in [3.05, 3.63) is 29.0 Å². The van der Waals surface area contributed by atoms with E-state index in [-0.39, 0.29) is 4.88 Å². The molecule has 0 amide bonds. The smallest absolute Gasteiger partial charge is 0.356 e. The molecule has 2 aliphatic rings. The van der Waals surface area contributed by atoms with Gasteiger partial charge in [0.2, 0.25) is 0 Å². The third-order valence-electron chi connectivity index (χ3n) is 6.35. The number of hydrogen-bond donors (Lipinski definition) is 1. The van der Waals surface area contributed by atoms with Crippen molar-refractivity contribution in [2.45, 2.75) is 38.4 Å². The summed E-state index contributed by atoms with van der Waals surface area (Å²) in [5.74, 6) is 1.26. The zero-order chi connectivity index (χ0) is 23.6. The van der Waals surface area contributed by atoms with Crippen molar-refractivity contribution in [1.29, 1.82) is 0 Å². The highest BCUT2D eigenvalue weighted by Gasteiger charge is 2.39. The van der Waals surface area contributed by atoms with E-state index in [4.69, 9.17) is 5.73 Å². The van der Waals surface area contributed by atoms with Crippen molar-refractivity contribution in [3.63, 3.8) is 0 Å². The third-order valence-corrected chi connectivity index (χ3v) is 7.39. The number of nitrogens with zero attached hydrogens (tertiary/aromatic N) is 6. The highest BCUT2D eigenvalue weighted by atomic mass is 32.1. The Morgan fingerprint density at radius 1 is 1.36 bits per heavy atom. The minimum absolute atomic E-state index is 0.279. The highest BCUT2D eigenvalue weighted by molar-refractivity contribution is 7.18. The number of fused-ring (bicyclic) bond motifs is 2. The molecule has 2 saturated heterocycles. The second-order valence-electron chi connectivity index (χ2n) is 8.81. The Labute approximate surface area is 195 Å². The molecule has 2 aromatic heterocycles. The van der Waals surface area contributed by atoms with Gasteiger partial charge in [-0.15, -0.1) is 11.3 Å². The van der Waals surface area contributed by atoms with Gasteiger partial charge in [0.1, 0.15) is 17.0 Å². The van der Waals surface area contributed by atoms with Gasteiger partial charge in [-0.2, -0.15) is 18.3 Å². The first-order chi connectivity index (χ1) is 15.8. The molecule has 0 aliphatic carbocycles. The summed E-state index contributed by atoms with van der Waals surface area (Å²) in [6.07, 6.45) is 0.412. The van der Waals surface area contributed by atoms with E-state index in [0.717, 1.165) is 61.6 Å². The van der Waals surface area contributed by atoms with Crippen molar-refractivity contribution in [2.75, 3.05) is 44.2 Å². The average molecular weight is 482 g/mol. The number of rotatable bonds is 8. The minimum Gasteiger partial charge on any atom is -0.356 e. The molecule has 2 atom stereocenters. The van der Waals surface area contributed by atoms with E-state index < -0.39 is 12.6 Å². The predicted molar refractivity (Wildman–Crippen MR) is 127 cm³/mol. The second-order valence-corrected chi connectivity index (χ2v) is 9.93. The Bertz CT molecular complexity index is 1010. The molecule has 180 valence electrons. The lowest BCUT2D eigenvalue weighted by Crippen LogP contribution is -2.46. The second kappa shape index (κ2) is 9.94. The van der Waals surface area contributed by atoms with Gasteiger partial charge < -0.3 is 10.6 Å². The van der Waals surface area contributed by atoms with Crippen LogP contribution in [0.3, 0.4) is 0 Å². The first-order valence-corrected chi connectivity index (χ1v) is 12.0. The van der Waals surface area contributed by atoms with E-state index >= 15 is 0 Å². The largest absolute Gasteiger partial charge is 0.393 e. The lowest BCUT2D eigenvalue weighted by molar-refractivity contribution is -0.126. The monoisotopic (exact) mass is 481 g/mol. The fraction of sp³-hybridized carbons (Fsp3) is 0.591. The number of alkyl halides is 3. The molecule has 4 rings (SSSR count). The van der Waals surface area contributed by atoms with Crippen molar-refractivity contribution >= 4 is 34.1 Å². The molecular weight excluding hydrogens is 451 g/mol. The molecule has 0 bridgehead atoms. The summed E-state index contributed by atoms with van der Waals surface area (Å²) in [5, 5.41) is 6.50. The van der Waals surface area contributed by atoms with Crippen LogP contribution in [-0.4, -0.2) is 78.1 Å². The van der Waals surface area contributed by atoms with E-state index in [9.17, 15) is 13.2 Å². The quantitative estimate of drug-likeness (QED) is 0.460. The van der Waals surface area contributed by atoms with E-state index in [1.807, 2.05) is 6.20 Å². The fourth-order valence-corrected chi connectivity index (χ4v) is 6.04. The Morgan fingerprint density at radius 2 is 2.18 bits per heavy atom. The van der Waals surface area contributed by atoms with E-state index in [1.54, 1.807) is 11.1 Å². The van der Waals surface area contributed by atoms with Crippen LogP contribution in [0.5, 0.6) is 0 Å². The van der Waals surface area contributed by atoms with Gasteiger partial charge in [0, 0.05) is 50.0 Å². The van der Waals surface area contributed by atoms with Gasteiger partial charge in [0.05, 0.1) is 18.4 Å². The first kappa shape index (κ1) is 23.9. The summed E-state index contributed by atoms with van der Waals surface area (Å²) in [6.45, 7) is 10.4.